The second-order valence-electron chi connectivity index (χ2n) is 6.11. The van der Waals surface area contributed by atoms with Crippen LogP contribution in [0.5, 0.6) is 0 Å². The molecule has 9 nitrogen and oxygen atoms in total. The van der Waals surface area contributed by atoms with E-state index in [4.69, 9.17) is 12.2 Å². The number of sulfonamides is 1. The first-order valence-electron chi connectivity index (χ1n) is 8.85. The summed E-state index contributed by atoms with van der Waals surface area (Å²) in [5.74, 6) is 0.0155. The molecule has 0 amide bonds. The maximum absolute atomic E-state index is 12.4. The van der Waals surface area contributed by atoms with Crippen LogP contribution in [0.15, 0.2) is 53.8 Å². The minimum atomic E-state index is -3.77. The SMILES string of the molecule is CCn1cc(CNC(=S)Nc2ccc(S(=O)(=O)Nc3ncccn3)cc2)c(C)n1. The molecule has 1 aromatic carbocycles. The Morgan fingerprint density at radius 2 is 1.86 bits per heavy atom. The number of aryl methyl sites for hydroxylation is 2. The zero-order chi connectivity index (χ0) is 20.9. The van der Waals surface area contributed by atoms with Crippen LogP contribution in [-0.2, 0) is 23.1 Å². The van der Waals surface area contributed by atoms with Crippen LogP contribution in [0.3, 0.4) is 0 Å². The van der Waals surface area contributed by atoms with Crippen molar-refractivity contribution in [3.63, 3.8) is 0 Å². The van der Waals surface area contributed by atoms with Crippen molar-refractivity contribution in [1.82, 2.24) is 25.1 Å². The summed E-state index contributed by atoms with van der Waals surface area (Å²) in [5, 5.41) is 11.0. The molecule has 0 bridgehead atoms. The highest BCUT2D eigenvalue weighted by molar-refractivity contribution is 7.92. The summed E-state index contributed by atoms with van der Waals surface area (Å²) in [4.78, 5) is 7.81. The van der Waals surface area contributed by atoms with Gasteiger partial charge in [-0.25, -0.2) is 23.1 Å². The van der Waals surface area contributed by atoms with Gasteiger partial charge in [-0.3, -0.25) is 4.68 Å². The number of aromatic nitrogens is 4. The number of nitrogens with one attached hydrogen (secondary N) is 3. The molecule has 0 fully saturated rings. The molecule has 0 unspecified atom stereocenters. The van der Waals surface area contributed by atoms with Crippen molar-refractivity contribution in [3.05, 3.63) is 60.2 Å². The van der Waals surface area contributed by atoms with Crippen molar-refractivity contribution >= 4 is 39.0 Å². The van der Waals surface area contributed by atoms with Gasteiger partial charge in [-0.1, -0.05) is 0 Å². The van der Waals surface area contributed by atoms with E-state index < -0.39 is 10.0 Å². The Morgan fingerprint density at radius 1 is 1.17 bits per heavy atom. The summed E-state index contributed by atoms with van der Waals surface area (Å²) in [6.45, 7) is 5.34. The fourth-order valence-electron chi connectivity index (χ4n) is 2.49. The van der Waals surface area contributed by atoms with Gasteiger partial charge in [0.2, 0.25) is 5.95 Å². The van der Waals surface area contributed by atoms with Crippen LogP contribution in [0.25, 0.3) is 0 Å². The third kappa shape index (κ3) is 5.48. The van der Waals surface area contributed by atoms with Crippen molar-refractivity contribution in [3.8, 4) is 0 Å². The first kappa shape index (κ1) is 20.7. The van der Waals surface area contributed by atoms with E-state index in [1.807, 2.05) is 24.7 Å². The summed E-state index contributed by atoms with van der Waals surface area (Å²) in [6.07, 6.45) is 4.90. The molecule has 11 heteroatoms. The molecule has 3 aromatic rings. The highest BCUT2D eigenvalue weighted by Crippen LogP contribution is 2.16. The lowest BCUT2D eigenvalue weighted by Crippen LogP contribution is -2.28. The topological polar surface area (TPSA) is 114 Å². The van der Waals surface area contributed by atoms with Gasteiger partial charge in [0.1, 0.15) is 0 Å². The van der Waals surface area contributed by atoms with E-state index in [1.54, 1.807) is 18.2 Å². The highest BCUT2D eigenvalue weighted by atomic mass is 32.2. The van der Waals surface area contributed by atoms with Gasteiger partial charge in [-0.05, 0) is 56.4 Å². The molecular weight excluding hydrogens is 410 g/mol. The van der Waals surface area contributed by atoms with E-state index in [2.05, 4.69) is 30.4 Å². The maximum atomic E-state index is 12.4. The number of benzene rings is 1. The summed E-state index contributed by atoms with van der Waals surface area (Å²) in [6, 6.07) is 7.83. The molecule has 0 spiro atoms. The lowest BCUT2D eigenvalue weighted by Gasteiger charge is -2.11. The molecule has 29 heavy (non-hydrogen) atoms. The van der Waals surface area contributed by atoms with E-state index in [0.717, 1.165) is 17.8 Å². The second-order valence-corrected chi connectivity index (χ2v) is 8.20. The van der Waals surface area contributed by atoms with Crippen LogP contribution in [0, 0.1) is 6.92 Å². The van der Waals surface area contributed by atoms with Crippen LogP contribution in [-0.4, -0.2) is 33.3 Å². The Bertz CT molecular complexity index is 1080. The highest BCUT2D eigenvalue weighted by Gasteiger charge is 2.15. The van der Waals surface area contributed by atoms with Gasteiger partial charge in [0, 0.05) is 42.9 Å². The quantitative estimate of drug-likeness (QED) is 0.488. The zero-order valence-corrected chi connectivity index (χ0v) is 17.6. The molecule has 0 aliphatic heterocycles. The molecule has 3 N–H and O–H groups in total. The van der Waals surface area contributed by atoms with Gasteiger partial charge in [0.05, 0.1) is 10.6 Å². The minimum Gasteiger partial charge on any atom is -0.358 e. The van der Waals surface area contributed by atoms with E-state index in [9.17, 15) is 8.42 Å². The molecule has 0 saturated carbocycles. The molecule has 3 rings (SSSR count). The Labute approximate surface area is 174 Å². The average molecular weight is 432 g/mol. The van der Waals surface area contributed by atoms with Gasteiger partial charge in [0.25, 0.3) is 10.0 Å². The molecule has 152 valence electrons. The molecular formula is C18H21N7O2S2. The van der Waals surface area contributed by atoms with Crippen LogP contribution < -0.4 is 15.4 Å². The summed E-state index contributed by atoms with van der Waals surface area (Å²) < 4.78 is 29.0. The number of anilines is 2. The van der Waals surface area contributed by atoms with Gasteiger partial charge >= 0.3 is 0 Å². The maximum Gasteiger partial charge on any atom is 0.264 e. The van der Waals surface area contributed by atoms with Gasteiger partial charge < -0.3 is 10.6 Å². The predicted octanol–water partition coefficient (Wildman–Crippen LogP) is 2.29. The smallest absolute Gasteiger partial charge is 0.264 e. The molecule has 0 aliphatic rings. The third-order valence-electron chi connectivity index (χ3n) is 4.03. The Balaban J connectivity index is 1.58. The Kier molecular flexibility index (Phi) is 6.39. The van der Waals surface area contributed by atoms with E-state index in [1.165, 1.54) is 24.5 Å². The summed E-state index contributed by atoms with van der Waals surface area (Å²) >= 11 is 5.31. The monoisotopic (exact) mass is 431 g/mol. The third-order valence-corrected chi connectivity index (χ3v) is 5.62. The lowest BCUT2D eigenvalue weighted by atomic mass is 10.3. The first-order valence-corrected chi connectivity index (χ1v) is 10.7. The zero-order valence-electron chi connectivity index (χ0n) is 16.0. The van der Waals surface area contributed by atoms with Crippen LogP contribution in [0.1, 0.15) is 18.2 Å². The lowest BCUT2D eigenvalue weighted by molar-refractivity contribution is 0.601. The molecule has 2 aromatic heterocycles. The van der Waals surface area contributed by atoms with Gasteiger partial charge in [0.15, 0.2) is 5.11 Å². The molecule has 0 radical (unpaired) electrons. The fraction of sp³-hybridized carbons (Fsp3) is 0.222. The Hall–Kier alpha value is -3.05. The first-order chi connectivity index (χ1) is 13.9. The number of nitrogens with zero attached hydrogens (tertiary/aromatic N) is 4. The average Bonchev–Trinajstić information content (AvgIpc) is 3.07. The van der Waals surface area contributed by atoms with E-state index in [-0.39, 0.29) is 10.8 Å². The predicted molar refractivity (Wildman–Crippen MR) is 115 cm³/mol. The van der Waals surface area contributed by atoms with Gasteiger partial charge in [-0.2, -0.15) is 5.10 Å². The number of rotatable bonds is 7. The largest absolute Gasteiger partial charge is 0.358 e. The van der Waals surface area contributed by atoms with Crippen molar-refractivity contribution in [2.45, 2.75) is 31.8 Å². The normalized spacial score (nSPS) is 11.1. The van der Waals surface area contributed by atoms with Crippen molar-refractivity contribution in [1.29, 1.82) is 0 Å². The van der Waals surface area contributed by atoms with Crippen molar-refractivity contribution in [2.75, 3.05) is 10.0 Å². The number of hydrogen-bond acceptors (Lipinski definition) is 6. The van der Waals surface area contributed by atoms with Crippen molar-refractivity contribution in [2.24, 2.45) is 0 Å². The molecule has 0 saturated heterocycles. The molecule has 0 aliphatic carbocycles. The number of thiocarbonyl (C=S) groups is 1. The second kappa shape index (κ2) is 8.97. The number of hydrogen-bond donors (Lipinski definition) is 3. The van der Waals surface area contributed by atoms with Crippen LogP contribution in [0.2, 0.25) is 0 Å². The summed E-state index contributed by atoms with van der Waals surface area (Å²) in [7, 11) is -3.77. The molecule has 2 heterocycles. The molecule has 0 atom stereocenters. The van der Waals surface area contributed by atoms with E-state index in [0.29, 0.717) is 17.3 Å². The minimum absolute atomic E-state index is 0.0155. The van der Waals surface area contributed by atoms with Crippen LogP contribution in [0.4, 0.5) is 11.6 Å². The van der Waals surface area contributed by atoms with Crippen LogP contribution >= 0.6 is 12.2 Å². The standard InChI is InChI=1S/C18H21N7O2S2/c1-3-25-12-14(13(2)23-25)11-21-18(28)22-15-5-7-16(8-6-15)29(26,27)24-17-19-9-4-10-20-17/h4-10,12H,3,11H2,1-2H3,(H,19,20,24)(H2,21,22,28). The van der Waals surface area contributed by atoms with Crippen molar-refractivity contribution < 1.29 is 8.42 Å². The Morgan fingerprint density at radius 3 is 2.48 bits per heavy atom. The van der Waals surface area contributed by atoms with E-state index >= 15 is 0 Å². The fourth-order valence-corrected chi connectivity index (χ4v) is 3.64. The summed E-state index contributed by atoms with van der Waals surface area (Å²) in [5.41, 5.74) is 2.68. The van der Waals surface area contributed by atoms with Gasteiger partial charge in [-0.15, -0.1) is 0 Å².